The predicted molar refractivity (Wildman–Crippen MR) is 132 cm³/mol. The number of fused-ring (bicyclic) bond motifs is 1. The zero-order valence-corrected chi connectivity index (χ0v) is 19.1. The molecule has 1 fully saturated rings. The molecule has 8 nitrogen and oxygen atoms in total. The van der Waals surface area contributed by atoms with Crippen molar-refractivity contribution in [1.82, 2.24) is 35.2 Å². The Morgan fingerprint density at radius 1 is 0.971 bits per heavy atom. The maximum absolute atomic E-state index is 4.80. The molecule has 1 aliphatic heterocycles. The molecule has 34 heavy (non-hydrogen) atoms. The molecular weight excluding hydrogens is 424 g/mol. The van der Waals surface area contributed by atoms with Gasteiger partial charge >= 0.3 is 0 Å². The second-order valence-electron chi connectivity index (χ2n) is 8.94. The third-order valence-corrected chi connectivity index (χ3v) is 6.63. The van der Waals surface area contributed by atoms with Crippen LogP contribution in [0.5, 0.6) is 0 Å². The number of tetrazole rings is 1. The van der Waals surface area contributed by atoms with Crippen molar-refractivity contribution in [1.29, 1.82) is 0 Å². The minimum atomic E-state index is 0.547. The van der Waals surface area contributed by atoms with Gasteiger partial charge in [0, 0.05) is 42.3 Å². The number of para-hydroxylation sites is 1. The zero-order chi connectivity index (χ0) is 22.9. The summed E-state index contributed by atoms with van der Waals surface area (Å²) in [6.45, 7) is 4.94. The lowest BCUT2D eigenvalue weighted by atomic mass is 9.96. The Bertz CT molecular complexity index is 1410. The van der Waals surface area contributed by atoms with Crippen molar-refractivity contribution >= 4 is 16.7 Å². The Morgan fingerprint density at radius 3 is 2.59 bits per heavy atom. The minimum Gasteiger partial charge on any atom is -0.371 e. The first-order valence-electron chi connectivity index (χ1n) is 11.7. The van der Waals surface area contributed by atoms with Crippen LogP contribution in [0.2, 0.25) is 0 Å². The van der Waals surface area contributed by atoms with Crippen molar-refractivity contribution in [3.8, 4) is 22.8 Å². The molecule has 2 aromatic carbocycles. The van der Waals surface area contributed by atoms with Crippen LogP contribution in [0.1, 0.15) is 18.4 Å². The van der Waals surface area contributed by atoms with Crippen molar-refractivity contribution in [2.75, 3.05) is 18.0 Å². The Balaban J connectivity index is 1.15. The maximum Gasteiger partial charge on any atom is 0.204 e. The summed E-state index contributed by atoms with van der Waals surface area (Å²) in [6, 6.07) is 18.5. The number of hydrogen-bond acceptors (Lipinski definition) is 6. The van der Waals surface area contributed by atoms with Gasteiger partial charge in [-0.25, -0.2) is 4.98 Å². The molecule has 8 heteroatoms. The van der Waals surface area contributed by atoms with Gasteiger partial charge in [0.1, 0.15) is 5.82 Å². The number of piperidine rings is 1. The Labute approximate surface area is 197 Å². The number of benzene rings is 2. The molecule has 5 aromatic rings. The molecule has 1 aliphatic rings. The van der Waals surface area contributed by atoms with Crippen LogP contribution in [-0.4, -0.2) is 48.2 Å². The normalized spacial score (nSPS) is 14.7. The summed E-state index contributed by atoms with van der Waals surface area (Å²) in [4.78, 5) is 16.5. The first-order valence-corrected chi connectivity index (χ1v) is 11.7. The van der Waals surface area contributed by atoms with Crippen LogP contribution in [-0.2, 0) is 6.54 Å². The van der Waals surface area contributed by atoms with Gasteiger partial charge in [-0.05, 0) is 60.7 Å². The average molecular weight is 451 g/mol. The third kappa shape index (κ3) is 4.03. The number of aryl methyl sites for hydroxylation is 1. The quantitative estimate of drug-likeness (QED) is 0.424. The molecule has 0 bridgehead atoms. The summed E-state index contributed by atoms with van der Waals surface area (Å²) in [5.74, 6) is 2.04. The summed E-state index contributed by atoms with van der Waals surface area (Å²) in [5.41, 5.74) is 6.39. The van der Waals surface area contributed by atoms with E-state index in [1.165, 1.54) is 5.69 Å². The lowest BCUT2D eigenvalue weighted by molar-refractivity contribution is 0.320. The Morgan fingerprint density at radius 2 is 1.76 bits per heavy atom. The third-order valence-electron chi connectivity index (χ3n) is 6.63. The fourth-order valence-electron chi connectivity index (χ4n) is 4.71. The van der Waals surface area contributed by atoms with E-state index in [2.05, 4.69) is 73.6 Å². The van der Waals surface area contributed by atoms with Gasteiger partial charge in [0.25, 0.3) is 0 Å². The van der Waals surface area contributed by atoms with E-state index < -0.39 is 0 Å². The van der Waals surface area contributed by atoms with E-state index in [0.717, 1.165) is 66.0 Å². The standard InChI is InChI=1S/C26H26N8/c1-18-4-2-7-23-24(18)29-25(28-23)20-5-3-6-21(16-20)26-30-32-34(31-26)17-19-10-14-33(15-11-19)22-8-12-27-13-9-22/h2-9,12-13,16,19H,10-11,14-15,17H2,1H3,(H,28,29). The second kappa shape index (κ2) is 8.70. The minimum absolute atomic E-state index is 0.547. The molecule has 0 radical (unpaired) electrons. The lowest BCUT2D eigenvalue weighted by Gasteiger charge is -2.33. The highest BCUT2D eigenvalue weighted by molar-refractivity contribution is 5.82. The number of nitrogens with one attached hydrogen (secondary N) is 1. The number of aromatic amines is 1. The van der Waals surface area contributed by atoms with Crippen LogP contribution >= 0.6 is 0 Å². The van der Waals surface area contributed by atoms with Gasteiger partial charge < -0.3 is 9.88 Å². The number of anilines is 1. The van der Waals surface area contributed by atoms with Crippen molar-refractivity contribution in [3.63, 3.8) is 0 Å². The monoisotopic (exact) mass is 450 g/mol. The van der Waals surface area contributed by atoms with E-state index in [4.69, 9.17) is 4.98 Å². The van der Waals surface area contributed by atoms with Crippen LogP contribution < -0.4 is 4.90 Å². The number of nitrogens with zero attached hydrogens (tertiary/aromatic N) is 7. The van der Waals surface area contributed by atoms with E-state index in [0.29, 0.717) is 11.7 Å². The zero-order valence-electron chi connectivity index (χ0n) is 19.1. The van der Waals surface area contributed by atoms with Crippen molar-refractivity contribution < 1.29 is 0 Å². The number of hydrogen-bond donors (Lipinski definition) is 1. The molecule has 6 rings (SSSR count). The molecule has 0 aliphatic carbocycles. The first kappa shape index (κ1) is 20.5. The molecule has 0 amide bonds. The molecule has 0 atom stereocenters. The topological polar surface area (TPSA) is 88.4 Å². The van der Waals surface area contributed by atoms with Gasteiger partial charge in [0.05, 0.1) is 17.6 Å². The van der Waals surface area contributed by atoms with Crippen LogP contribution in [0.4, 0.5) is 5.69 Å². The maximum atomic E-state index is 4.80. The summed E-state index contributed by atoms with van der Waals surface area (Å²) in [5, 5.41) is 13.4. The summed E-state index contributed by atoms with van der Waals surface area (Å²) < 4.78 is 0. The van der Waals surface area contributed by atoms with Gasteiger partial charge in [-0.2, -0.15) is 4.80 Å². The van der Waals surface area contributed by atoms with E-state index >= 15 is 0 Å². The number of aromatic nitrogens is 7. The Kier molecular flexibility index (Phi) is 5.25. The predicted octanol–water partition coefficient (Wildman–Crippen LogP) is 4.50. The van der Waals surface area contributed by atoms with E-state index in [9.17, 15) is 0 Å². The lowest BCUT2D eigenvalue weighted by Crippen LogP contribution is -2.35. The molecule has 1 saturated heterocycles. The van der Waals surface area contributed by atoms with E-state index in [1.807, 2.05) is 30.6 Å². The molecule has 0 saturated carbocycles. The van der Waals surface area contributed by atoms with Crippen LogP contribution in [0.3, 0.4) is 0 Å². The van der Waals surface area contributed by atoms with Crippen LogP contribution in [0.15, 0.2) is 67.0 Å². The van der Waals surface area contributed by atoms with Crippen molar-refractivity contribution in [3.05, 3.63) is 72.6 Å². The average Bonchev–Trinajstić information content (AvgIpc) is 3.54. The molecular formula is C26H26N8. The number of imidazole rings is 1. The molecule has 3 aromatic heterocycles. The Hall–Kier alpha value is -4.07. The molecule has 4 heterocycles. The second-order valence-corrected chi connectivity index (χ2v) is 8.94. The van der Waals surface area contributed by atoms with Gasteiger partial charge in [-0.3, -0.25) is 4.98 Å². The SMILES string of the molecule is Cc1cccc2[nH]c(-c3cccc(-c4nnn(CC5CCN(c6ccncc6)CC5)n4)c3)nc12. The number of pyridine rings is 1. The van der Waals surface area contributed by atoms with Gasteiger partial charge in [0.2, 0.25) is 5.82 Å². The fraction of sp³-hybridized carbons (Fsp3) is 0.269. The number of rotatable bonds is 5. The molecule has 0 unspecified atom stereocenters. The van der Waals surface area contributed by atoms with E-state index in [-0.39, 0.29) is 0 Å². The van der Waals surface area contributed by atoms with Gasteiger partial charge in [-0.15, -0.1) is 10.2 Å². The van der Waals surface area contributed by atoms with Crippen LogP contribution in [0, 0.1) is 12.8 Å². The highest BCUT2D eigenvalue weighted by atomic mass is 15.6. The highest BCUT2D eigenvalue weighted by Gasteiger charge is 2.21. The summed E-state index contributed by atoms with van der Waals surface area (Å²) in [6.07, 6.45) is 5.93. The smallest absolute Gasteiger partial charge is 0.204 e. The number of H-pyrrole nitrogens is 1. The van der Waals surface area contributed by atoms with Gasteiger partial charge in [0.15, 0.2) is 0 Å². The fourth-order valence-corrected chi connectivity index (χ4v) is 4.71. The largest absolute Gasteiger partial charge is 0.371 e. The van der Waals surface area contributed by atoms with Crippen molar-refractivity contribution in [2.45, 2.75) is 26.3 Å². The highest BCUT2D eigenvalue weighted by Crippen LogP contribution is 2.26. The summed E-state index contributed by atoms with van der Waals surface area (Å²) >= 11 is 0. The first-order chi connectivity index (χ1) is 16.7. The van der Waals surface area contributed by atoms with Crippen molar-refractivity contribution in [2.24, 2.45) is 5.92 Å². The molecule has 1 N–H and O–H groups in total. The van der Waals surface area contributed by atoms with Crippen LogP contribution in [0.25, 0.3) is 33.8 Å². The molecule has 0 spiro atoms. The molecule has 170 valence electrons. The summed E-state index contributed by atoms with van der Waals surface area (Å²) in [7, 11) is 0. The van der Waals surface area contributed by atoms with Gasteiger partial charge in [-0.1, -0.05) is 30.3 Å². The van der Waals surface area contributed by atoms with E-state index in [1.54, 1.807) is 4.80 Å².